The molecule has 19 heavy (non-hydrogen) atoms. The highest BCUT2D eigenvalue weighted by molar-refractivity contribution is 6.37. The smallest absolute Gasteiger partial charge is 0.379 e. The zero-order chi connectivity index (χ0) is 14.6. The van der Waals surface area contributed by atoms with E-state index in [0.717, 1.165) is 0 Å². The number of hydrogen-bond donors (Lipinski definition) is 3. The van der Waals surface area contributed by atoms with E-state index < -0.39 is 48.6 Å². The molecule has 0 aromatic rings. The fraction of sp³-hybridized carbons (Fsp3) is 0.400. The molecule has 0 amide bonds. The fourth-order valence-electron chi connectivity index (χ4n) is 1.32. The molecule has 1 fully saturated rings. The van der Waals surface area contributed by atoms with E-state index >= 15 is 0 Å². The highest BCUT2D eigenvalue weighted by Crippen LogP contribution is 2.19. The Bertz CT molecular complexity index is 438. The summed E-state index contributed by atoms with van der Waals surface area (Å²) in [5.41, 5.74) is 0. The van der Waals surface area contributed by atoms with Crippen molar-refractivity contribution in [3.63, 3.8) is 0 Å². The van der Waals surface area contributed by atoms with Crippen molar-refractivity contribution in [1.82, 2.24) is 0 Å². The number of aliphatic hydroxyl groups excluding tert-OH is 2. The van der Waals surface area contributed by atoms with Gasteiger partial charge in [0.05, 0.1) is 6.61 Å². The van der Waals surface area contributed by atoms with Crippen molar-refractivity contribution >= 4 is 23.7 Å². The first-order valence-electron chi connectivity index (χ1n) is 5.02. The van der Waals surface area contributed by atoms with Gasteiger partial charge in [-0.1, -0.05) is 0 Å². The minimum absolute atomic E-state index is 0.474. The largest absolute Gasteiger partial charge is 0.478 e. The van der Waals surface area contributed by atoms with Gasteiger partial charge in [0.15, 0.2) is 6.10 Å². The van der Waals surface area contributed by atoms with Crippen LogP contribution in [0.1, 0.15) is 0 Å². The number of carbonyl (C=O) groups excluding carboxylic acids is 3. The van der Waals surface area contributed by atoms with E-state index in [4.69, 9.17) is 10.2 Å². The van der Waals surface area contributed by atoms with Crippen LogP contribution in [-0.4, -0.2) is 63.9 Å². The van der Waals surface area contributed by atoms with E-state index in [-0.39, 0.29) is 0 Å². The second kappa shape index (κ2) is 6.07. The Balaban J connectivity index is 2.77. The monoisotopic (exact) mass is 274 g/mol. The molecule has 1 aliphatic heterocycles. The first kappa shape index (κ1) is 14.8. The quantitative estimate of drug-likeness (QED) is 0.278. The van der Waals surface area contributed by atoms with E-state index in [2.05, 4.69) is 9.47 Å². The molecule has 0 radical (unpaired) electrons. The number of rotatable bonds is 5. The average molecular weight is 274 g/mol. The molecule has 1 heterocycles. The molecule has 1 aliphatic rings. The van der Waals surface area contributed by atoms with Crippen LogP contribution in [0, 0.1) is 0 Å². The lowest BCUT2D eigenvalue weighted by atomic mass is 10.1. The molecule has 1 saturated heterocycles. The van der Waals surface area contributed by atoms with Crippen LogP contribution in [-0.2, 0) is 28.7 Å². The Morgan fingerprint density at radius 1 is 1.37 bits per heavy atom. The van der Waals surface area contributed by atoms with Gasteiger partial charge in [0.25, 0.3) is 5.78 Å². The van der Waals surface area contributed by atoms with Gasteiger partial charge in [-0.05, 0) is 0 Å². The van der Waals surface area contributed by atoms with Gasteiger partial charge in [-0.3, -0.25) is 4.79 Å². The van der Waals surface area contributed by atoms with Gasteiger partial charge in [-0.2, -0.15) is 0 Å². The topological polar surface area (TPSA) is 147 Å². The Labute approximate surface area is 106 Å². The number of ether oxygens (including phenoxy) is 2. The number of carboxylic acids is 1. The van der Waals surface area contributed by atoms with Crippen LogP contribution in [0.5, 0.6) is 0 Å². The van der Waals surface area contributed by atoms with Crippen molar-refractivity contribution in [2.24, 2.45) is 0 Å². The summed E-state index contributed by atoms with van der Waals surface area (Å²) in [6, 6.07) is 0. The second-order valence-corrected chi connectivity index (χ2v) is 3.51. The molecule has 1 unspecified atom stereocenters. The van der Waals surface area contributed by atoms with E-state index in [0.29, 0.717) is 12.2 Å². The third-order valence-electron chi connectivity index (χ3n) is 2.17. The second-order valence-electron chi connectivity index (χ2n) is 3.51. The maximum atomic E-state index is 11.3. The van der Waals surface area contributed by atoms with Crippen molar-refractivity contribution in [3.05, 3.63) is 12.2 Å². The molecule has 0 spiro atoms. The third kappa shape index (κ3) is 3.60. The first-order valence-corrected chi connectivity index (χ1v) is 5.02. The average Bonchev–Trinajstić information content (AvgIpc) is 2.63. The lowest BCUT2D eigenvalue weighted by molar-refractivity contribution is -0.156. The summed E-state index contributed by atoms with van der Waals surface area (Å²) in [5.74, 6) is -5.12. The Morgan fingerprint density at radius 3 is 2.53 bits per heavy atom. The van der Waals surface area contributed by atoms with E-state index in [9.17, 15) is 24.3 Å². The Kier molecular flexibility index (Phi) is 4.73. The van der Waals surface area contributed by atoms with Crippen LogP contribution in [0.3, 0.4) is 0 Å². The highest BCUT2D eigenvalue weighted by Gasteiger charge is 2.49. The normalized spacial score (nSPS) is 24.3. The molecule has 9 heteroatoms. The molecule has 0 aromatic heterocycles. The number of aliphatic hydroxyl groups is 2. The maximum absolute atomic E-state index is 11.3. The van der Waals surface area contributed by atoms with Gasteiger partial charge >= 0.3 is 17.9 Å². The highest BCUT2D eigenvalue weighted by atomic mass is 16.6. The number of carbonyl (C=O) groups is 4. The summed E-state index contributed by atoms with van der Waals surface area (Å²) in [7, 11) is 0. The summed E-state index contributed by atoms with van der Waals surface area (Å²) in [6.45, 7) is -0.815. The van der Waals surface area contributed by atoms with E-state index in [1.807, 2.05) is 0 Å². The number of carboxylic acid groups (broad SMARTS) is 1. The van der Waals surface area contributed by atoms with Crippen LogP contribution in [0.2, 0.25) is 0 Å². The number of aliphatic carboxylic acids is 1. The summed E-state index contributed by atoms with van der Waals surface area (Å²) in [5, 5.41) is 26.3. The summed E-state index contributed by atoms with van der Waals surface area (Å²) < 4.78 is 8.97. The molecule has 0 bridgehead atoms. The predicted molar refractivity (Wildman–Crippen MR) is 54.6 cm³/mol. The zero-order valence-electron chi connectivity index (χ0n) is 9.38. The van der Waals surface area contributed by atoms with Crippen LogP contribution in [0.15, 0.2) is 12.2 Å². The van der Waals surface area contributed by atoms with Crippen molar-refractivity contribution in [1.29, 1.82) is 0 Å². The van der Waals surface area contributed by atoms with Crippen LogP contribution >= 0.6 is 0 Å². The molecule has 3 N–H and O–H groups in total. The van der Waals surface area contributed by atoms with Gasteiger partial charge in [0.2, 0.25) is 6.10 Å². The predicted octanol–water partition coefficient (Wildman–Crippen LogP) is -2.61. The van der Waals surface area contributed by atoms with Crippen LogP contribution < -0.4 is 0 Å². The van der Waals surface area contributed by atoms with Gasteiger partial charge in [-0.15, -0.1) is 0 Å². The summed E-state index contributed by atoms with van der Waals surface area (Å²) >= 11 is 0. The van der Waals surface area contributed by atoms with Crippen molar-refractivity contribution < 1.29 is 44.0 Å². The SMILES string of the molecule is O=C(O)C=CC(=O)OC1C(=O)C(=O)O[C@@H]1[C@@H](O)CO. The number of ketones is 1. The van der Waals surface area contributed by atoms with Crippen molar-refractivity contribution in [2.45, 2.75) is 18.3 Å². The molecule has 9 nitrogen and oxygen atoms in total. The summed E-state index contributed by atoms with van der Waals surface area (Å²) in [6.07, 6.45) is -3.84. The Morgan fingerprint density at radius 2 is 2.00 bits per heavy atom. The molecule has 3 atom stereocenters. The van der Waals surface area contributed by atoms with Crippen LogP contribution in [0.25, 0.3) is 0 Å². The molecular formula is C10H10O9. The third-order valence-corrected chi connectivity index (χ3v) is 2.17. The van der Waals surface area contributed by atoms with E-state index in [1.165, 1.54) is 0 Å². The van der Waals surface area contributed by atoms with Gasteiger partial charge in [-0.25, -0.2) is 14.4 Å². The molecular weight excluding hydrogens is 264 g/mol. The lowest BCUT2D eigenvalue weighted by Crippen LogP contribution is -2.41. The van der Waals surface area contributed by atoms with E-state index in [1.54, 1.807) is 0 Å². The first-order chi connectivity index (χ1) is 8.86. The van der Waals surface area contributed by atoms with Crippen LogP contribution in [0.4, 0.5) is 0 Å². The minimum atomic E-state index is -1.72. The summed E-state index contributed by atoms with van der Waals surface area (Å²) in [4.78, 5) is 43.7. The molecule has 104 valence electrons. The van der Waals surface area contributed by atoms with Crippen molar-refractivity contribution in [2.75, 3.05) is 6.61 Å². The fourth-order valence-corrected chi connectivity index (χ4v) is 1.32. The minimum Gasteiger partial charge on any atom is -0.478 e. The zero-order valence-corrected chi connectivity index (χ0v) is 9.38. The number of Topliss-reactive ketones (excluding diaryl/α,β-unsaturated/α-hetero) is 1. The van der Waals surface area contributed by atoms with Gasteiger partial charge < -0.3 is 24.8 Å². The lowest BCUT2D eigenvalue weighted by Gasteiger charge is -2.19. The number of esters is 2. The van der Waals surface area contributed by atoms with Gasteiger partial charge in [0.1, 0.15) is 6.10 Å². The van der Waals surface area contributed by atoms with Gasteiger partial charge in [0, 0.05) is 12.2 Å². The number of hydrogen-bond acceptors (Lipinski definition) is 8. The maximum Gasteiger partial charge on any atom is 0.379 e. The number of cyclic esters (lactones) is 1. The molecule has 1 rings (SSSR count). The standard InChI is InChI=1S/C10H10O9/c11-3-4(12)8-9(7(16)10(17)19-8)18-6(15)2-1-5(13)14/h1-2,4,8-9,11-12H,3H2,(H,13,14)/t4-,8+,9?/m0/s1. The van der Waals surface area contributed by atoms with Crippen molar-refractivity contribution in [3.8, 4) is 0 Å². The molecule has 0 saturated carbocycles. The molecule has 0 aliphatic carbocycles. The Hall–Kier alpha value is -2.26. The molecule has 0 aromatic carbocycles.